The summed E-state index contributed by atoms with van der Waals surface area (Å²) in [5.74, 6) is 0.965. The van der Waals surface area contributed by atoms with Crippen molar-refractivity contribution in [1.82, 2.24) is 16.0 Å². The van der Waals surface area contributed by atoms with Crippen LogP contribution in [0.5, 0.6) is 0 Å². The lowest BCUT2D eigenvalue weighted by atomic mass is 9.85. The molecule has 28 heavy (non-hydrogen) atoms. The van der Waals surface area contributed by atoms with Crippen LogP contribution in [0, 0.1) is 5.92 Å². The highest BCUT2D eigenvalue weighted by molar-refractivity contribution is 6.30. The molecule has 154 valence electrons. The maximum Gasteiger partial charge on any atom is 0.223 e. The quantitative estimate of drug-likeness (QED) is 0.414. The van der Waals surface area contributed by atoms with Gasteiger partial charge in [-0.2, -0.15) is 0 Å². The van der Waals surface area contributed by atoms with Crippen LogP contribution in [0.1, 0.15) is 57.1 Å². The topological polar surface area (TPSA) is 85.8 Å². The van der Waals surface area contributed by atoms with Crippen molar-refractivity contribution in [2.75, 3.05) is 13.1 Å². The zero-order valence-electron chi connectivity index (χ0n) is 16.5. The van der Waals surface area contributed by atoms with E-state index in [1.165, 1.54) is 0 Å². The predicted octanol–water partition coefficient (Wildman–Crippen LogP) is 2.77. The highest BCUT2D eigenvalue weighted by Gasteiger charge is 2.31. The number of carbonyl (C=O) groups is 1. The van der Waals surface area contributed by atoms with Crippen molar-refractivity contribution in [2.45, 2.75) is 63.6 Å². The van der Waals surface area contributed by atoms with E-state index in [4.69, 9.17) is 11.6 Å². The molecule has 3 unspecified atom stereocenters. The Morgan fingerprint density at radius 3 is 2.61 bits per heavy atom. The van der Waals surface area contributed by atoms with Crippen molar-refractivity contribution in [3.8, 4) is 0 Å². The van der Waals surface area contributed by atoms with Crippen LogP contribution in [0.15, 0.2) is 29.3 Å². The maximum absolute atomic E-state index is 12.4. The van der Waals surface area contributed by atoms with Crippen LogP contribution in [0.4, 0.5) is 0 Å². The molecular formula is C21H31ClN4O2. The summed E-state index contributed by atoms with van der Waals surface area (Å²) in [4.78, 5) is 16.9. The molecule has 2 aliphatic carbocycles. The first-order chi connectivity index (χ1) is 13.5. The van der Waals surface area contributed by atoms with E-state index in [0.717, 1.165) is 50.6 Å². The van der Waals surface area contributed by atoms with Gasteiger partial charge in [0.15, 0.2) is 5.96 Å². The first kappa shape index (κ1) is 20.9. The number of aliphatic hydroxyl groups excluding tert-OH is 1. The molecule has 0 heterocycles. The molecule has 2 fully saturated rings. The van der Waals surface area contributed by atoms with E-state index >= 15 is 0 Å². The molecule has 6 nitrogen and oxygen atoms in total. The number of aliphatic imine (C=N–C) groups is 1. The van der Waals surface area contributed by atoms with E-state index in [2.05, 4.69) is 20.9 Å². The standard InChI is InChI=1S/C21H31ClN4O2/c1-2-23-21(24-13-19(27)14-6-8-16(22)9-7-14)26-18-5-3-4-15(12-18)20(28)25-17-10-11-17/h6-9,15,17-19,27H,2-5,10-13H2,1H3,(H,25,28)(H2,23,24,26). The predicted molar refractivity (Wildman–Crippen MR) is 112 cm³/mol. The lowest BCUT2D eigenvalue weighted by Crippen LogP contribution is -2.47. The second kappa shape index (κ2) is 10.1. The molecule has 3 rings (SSSR count). The van der Waals surface area contributed by atoms with Gasteiger partial charge in [-0.15, -0.1) is 0 Å². The van der Waals surface area contributed by atoms with Crippen LogP contribution in [-0.2, 0) is 4.79 Å². The first-order valence-corrected chi connectivity index (χ1v) is 10.7. The lowest BCUT2D eigenvalue weighted by molar-refractivity contribution is -0.126. The zero-order valence-corrected chi connectivity index (χ0v) is 17.2. The third kappa shape index (κ3) is 6.38. The van der Waals surface area contributed by atoms with Crippen LogP contribution in [-0.4, -0.2) is 42.1 Å². The molecular weight excluding hydrogens is 376 g/mol. The van der Waals surface area contributed by atoms with Crippen molar-refractivity contribution >= 4 is 23.5 Å². The smallest absolute Gasteiger partial charge is 0.223 e. The van der Waals surface area contributed by atoms with Gasteiger partial charge < -0.3 is 21.1 Å². The average Bonchev–Trinajstić information content (AvgIpc) is 3.51. The van der Waals surface area contributed by atoms with Crippen LogP contribution in [0.3, 0.4) is 0 Å². The van der Waals surface area contributed by atoms with E-state index < -0.39 is 6.10 Å². The number of benzene rings is 1. The van der Waals surface area contributed by atoms with E-state index in [1.807, 2.05) is 19.1 Å². The summed E-state index contributed by atoms with van der Waals surface area (Å²) >= 11 is 5.90. The Bertz CT molecular complexity index is 675. The second-order valence-electron chi connectivity index (χ2n) is 7.77. The molecule has 7 heteroatoms. The number of hydrogen-bond acceptors (Lipinski definition) is 3. The van der Waals surface area contributed by atoms with Crippen LogP contribution < -0.4 is 16.0 Å². The summed E-state index contributed by atoms with van der Waals surface area (Å²) in [5.41, 5.74) is 0.790. The van der Waals surface area contributed by atoms with Crippen molar-refractivity contribution < 1.29 is 9.90 Å². The number of carbonyl (C=O) groups excluding carboxylic acids is 1. The summed E-state index contributed by atoms with van der Waals surface area (Å²) in [6, 6.07) is 7.79. The van der Waals surface area contributed by atoms with Gasteiger partial charge in [0, 0.05) is 29.6 Å². The number of guanidine groups is 1. The van der Waals surface area contributed by atoms with Crippen molar-refractivity contribution in [2.24, 2.45) is 10.9 Å². The Morgan fingerprint density at radius 1 is 1.18 bits per heavy atom. The fraction of sp³-hybridized carbons (Fsp3) is 0.619. The SMILES string of the molecule is CCNC(=NCC(O)c1ccc(Cl)cc1)NC1CCCC(C(=O)NC2CC2)C1. The van der Waals surface area contributed by atoms with Gasteiger partial charge in [-0.3, -0.25) is 9.79 Å². The molecule has 0 aliphatic heterocycles. The molecule has 4 N–H and O–H groups in total. The molecule has 0 aromatic heterocycles. The van der Waals surface area contributed by atoms with Gasteiger partial charge in [-0.1, -0.05) is 30.2 Å². The molecule has 2 saturated carbocycles. The Hall–Kier alpha value is -1.79. The van der Waals surface area contributed by atoms with Gasteiger partial charge in [-0.05, 0) is 56.7 Å². The Labute approximate surface area is 172 Å². The Balaban J connectivity index is 1.54. The number of nitrogens with one attached hydrogen (secondary N) is 3. The number of hydrogen-bond donors (Lipinski definition) is 4. The second-order valence-corrected chi connectivity index (χ2v) is 8.21. The summed E-state index contributed by atoms with van der Waals surface area (Å²) in [6.45, 7) is 3.01. The fourth-order valence-corrected chi connectivity index (χ4v) is 3.71. The van der Waals surface area contributed by atoms with Gasteiger partial charge in [0.1, 0.15) is 0 Å². The maximum atomic E-state index is 12.4. The number of nitrogens with zero attached hydrogens (tertiary/aromatic N) is 1. The molecule has 3 atom stereocenters. The van der Waals surface area contributed by atoms with Crippen LogP contribution in [0.2, 0.25) is 5.02 Å². The van der Waals surface area contributed by atoms with E-state index in [0.29, 0.717) is 17.0 Å². The molecule has 2 aliphatic rings. The molecule has 1 amide bonds. The normalized spacial score (nSPS) is 23.8. The fourth-order valence-electron chi connectivity index (χ4n) is 3.59. The average molecular weight is 407 g/mol. The van der Waals surface area contributed by atoms with Crippen molar-refractivity contribution in [1.29, 1.82) is 0 Å². The van der Waals surface area contributed by atoms with E-state index in [9.17, 15) is 9.90 Å². The third-order valence-electron chi connectivity index (χ3n) is 5.33. The lowest BCUT2D eigenvalue weighted by Gasteiger charge is -2.30. The minimum Gasteiger partial charge on any atom is -0.386 e. The molecule has 0 saturated heterocycles. The number of amides is 1. The molecule has 1 aromatic rings. The summed E-state index contributed by atoms with van der Waals surface area (Å²) in [6.07, 6.45) is 5.39. The van der Waals surface area contributed by atoms with Crippen molar-refractivity contribution in [3.63, 3.8) is 0 Å². The number of aliphatic hydroxyl groups is 1. The molecule has 1 aromatic carbocycles. The van der Waals surface area contributed by atoms with E-state index in [1.54, 1.807) is 12.1 Å². The van der Waals surface area contributed by atoms with Crippen LogP contribution >= 0.6 is 11.6 Å². The third-order valence-corrected chi connectivity index (χ3v) is 5.58. The Morgan fingerprint density at radius 2 is 1.93 bits per heavy atom. The van der Waals surface area contributed by atoms with Gasteiger partial charge in [-0.25, -0.2) is 0 Å². The van der Waals surface area contributed by atoms with Crippen molar-refractivity contribution in [3.05, 3.63) is 34.9 Å². The zero-order chi connectivity index (χ0) is 19.9. The molecule has 0 spiro atoms. The Kier molecular flexibility index (Phi) is 7.57. The van der Waals surface area contributed by atoms with Gasteiger partial charge >= 0.3 is 0 Å². The number of halogens is 1. The monoisotopic (exact) mass is 406 g/mol. The van der Waals surface area contributed by atoms with Crippen LogP contribution in [0.25, 0.3) is 0 Å². The molecule has 0 radical (unpaired) electrons. The summed E-state index contributed by atoms with van der Waals surface area (Å²) in [7, 11) is 0. The summed E-state index contributed by atoms with van der Waals surface area (Å²) in [5, 5.41) is 20.8. The summed E-state index contributed by atoms with van der Waals surface area (Å²) < 4.78 is 0. The minimum atomic E-state index is -0.684. The molecule has 0 bridgehead atoms. The minimum absolute atomic E-state index is 0.0781. The highest BCUT2D eigenvalue weighted by atomic mass is 35.5. The largest absolute Gasteiger partial charge is 0.386 e. The first-order valence-electron chi connectivity index (χ1n) is 10.3. The van der Waals surface area contributed by atoms with Gasteiger partial charge in [0.05, 0.1) is 12.6 Å². The highest BCUT2D eigenvalue weighted by Crippen LogP contribution is 2.26. The van der Waals surface area contributed by atoms with E-state index in [-0.39, 0.29) is 24.4 Å². The van der Waals surface area contributed by atoms with Gasteiger partial charge in [0.2, 0.25) is 5.91 Å². The number of rotatable bonds is 7. The van der Waals surface area contributed by atoms with Gasteiger partial charge in [0.25, 0.3) is 0 Å².